The molecule has 0 aliphatic rings. The number of carbonyl (C=O) groups is 1. The number of hydrogen-bond acceptors (Lipinski definition) is 4. The molecule has 0 aliphatic carbocycles. The number of H-pyrrole nitrogens is 1. The Labute approximate surface area is 166 Å². The molecule has 4 aromatic rings. The molecule has 3 N–H and O–H groups in total. The van der Waals surface area contributed by atoms with E-state index in [1.807, 2.05) is 30.5 Å². The van der Waals surface area contributed by atoms with E-state index >= 15 is 0 Å². The fraction of sp³-hybridized carbons (Fsp3) is 0.150. The summed E-state index contributed by atoms with van der Waals surface area (Å²) in [7, 11) is 0. The minimum atomic E-state index is -0.201. The number of anilines is 1. The van der Waals surface area contributed by atoms with Gasteiger partial charge in [-0.3, -0.25) is 15.2 Å². The Morgan fingerprint density at radius 1 is 1.29 bits per heavy atom. The van der Waals surface area contributed by atoms with Crippen molar-refractivity contribution in [2.75, 3.05) is 5.32 Å². The summed E-state index contributed by atoms with van der Waals surface area (Å²) in [4.78, 5) is 16.8. The van der Waals surface area contributed by atoms with Crippen molar-refractivity contribution in [3.8, 4) is 17.1 Å². The van der Waals surface area contributed by atoms with Gasteiger partial charge in [0.15, 0.2) is 5.82 Å². The molecule has 0 unspecified atom stereocenters. The maximum atomic E-state index is 12.5. The Kier molecular flexibility index (Phi) is 4.75. The Morgan fingerprint density at radius 2 is 2.11 bits per heavy atom. The van der Waals surface area contributed by atoms with Gasteiger partial charge >= 0.3 is 0 Å². The van der Waals surface area contributed by atoms with Gasteiger partial charge in [-0.15, -0.1) is 5.10 Å². The van der Waals surface area contributed by atoms with Crippen LogP contribution in [0.1, 0.15) is 12.5 Å². The molecule has 0 bridgehead atoms. The number of para-hydroxylation sites is 1. The van der Waals surface area contributed by atoms with Crippen LogP contribution >= 0.6 is 11.6 Å². The van der Waals surface area contributed by atoms with E-state index in [0.717, 1.165) is 23.0 Å². The van der Waals surface area contributed by atoms with Crippen LogP contribution in [0, 0.1) is 0 Å². The Balaban J connectivity index is 1.51. The molecule has 0 aliphatic heterocycles. The lowest BCUT2D eigenvalue weighted by Crippen LogP contribution is -2.15. The molecular formula is C20H18ClN5O2. The van der Waals surface area contributed by atoms with E-state index in [2.05, 4.69) is 32.0 Å². The molecule has 7 nitrogen and oxygen atoms in total. The van der Waals surface area contributed by atoms with Gasteiger partial charge in [-0.2, -0.15) is 4.98 Å². The van der Waals surface area contributed by atoms with Gasteiger partial charge in [-0.05, 0) is 36.8 Å². The maximum Gasteiger partial charge on any atom is 0.249 e. The summed E-state index contributed by atoms with van der Waals surface area (Å²) in [6.45, 7) is 2.91. The lowest BCUT2D eigenvalue weighted by atomic mass is 10.1. The zero-order chi connectivity index (χ0) is 19.7. The number of fused-ring (bicyclic) bond motifs is 1. The third-order valence-electron chi connectivity index (χ3n) is 4.52. The number of hydrogen-bond donors (Lipinski definition) is 3. The molecular weight excluding hydrogens is 378 g/mol. The normalized spacial score (nSPS) is 11.1. The number of phenolic OH excluding ortho intramolecular Hbond substituents is 1. The molecule has 0 fully saturated rings. The lowest BCUT2D eigenvalue weighted by Gasteiger charge is -2.00. The second-order valence-corrected chi connectivity index (χ2v) is 6.76. The summed E-state index contributed by atoms with van der Waals surface area (Å²) >= 11 is 5.92. The molecule has 4 rings (SSSR count). The molecule has 8 heteroatoms. The summed E-state index contributed by atoms with van der Waals surface area (Å²) in [6, 6.07) is 12.7. The van der Waals surface area contributed by atoms with E-state index in [4.69, 9.17) is 11.6 Å². The number of aromatic amines is 1. The lowest BCUT2D eigenvalue weighted by molar-refractivity contribution is -0.115. The highest BCUT2D eigenvalue weighted by atomic mass is 35.5. The molecule has 142 valence electrons. The quantitative estimate of drug-likeness (QED) is 0.476. The largest absolute Gasteiger partial charge is 0.506 e. The highest BCUT2D eigenvalue weighted by Gasteiger charge is 2.14. The van der Waals surface area contributed by atoms with Gasteiger partial charge in [0.05, 0.1) is 11.4 Å². The van der Waals surface area contributed by atoms with Crippen LogP contribution in [0.3, 0.4) is 0 Å². The molecule has 28 heavy (non-hydrogen) atoms. The van der Waals surface area contributed by atoms with Crippen molar-refractivity contribution in [1.29, 1.82) is 0 Å². The number of nitrogens with zero attached hydrogens (tertiary/aromatic N) is 3. The second kappa shape index (κ2) is 7.36. The highest BCUT2D eigenvalue weighted by molar-refractivity contribution is 6.32. The van der Waals surface area contributed by atoms with Crippen molar-refractivity contribution >= 4 is 34.4 Å². The van der Waals surface area contributed by atoms with Crippen molar-refractivity contribution in [3.05, 3.63) is 59.2 Å². The molecule has 2 heterocycles. The van der Waals surface area contributed by atoms with Gasteiger partial charge in [-0.25, -0.2) is 0 Å². The molecule has 0 saturated heterocycles. The van der Waals surface area contributed by atoms with E-state index in [9.17, 15) is 9.90 Å². The highest BCUT2D eigenvalue weighted by Crippen LogP contribution is 2.28. The first-order valence-corrected chi connectivity index (χ1v) is 9.21. The maximum absolute atomic E-state index is 12.5. The fourth-order valence-corrected chi connectivity index (χ4v) is 3.35. The van der Waals surface area contributed by atoms with Crippen molar-refractivity contribution in [3.63, 3.8) is 0 Å². The van der Waals surface area contributed by atoms with Crippen molar-refractivity contribution in [2.45, 2.75) is 19.9 Å². The third kappa shape index (κ3) is 3.44. The predicted octanol–water partition coefficient (Wildman–Crippen LogP) is 3.99. The summed E-state index contributed by atoms with van der Waals surface area (Å²) in [5.41, 5.74) is 2.72. The fourth-order valence-electron chi connectivity index (χ4n) is 3.17. The number of amides is 1. The van der Waals surface area contributed by atoms with Crippen LogP contribution in [0.25, 0.3) is 22.3 Å². The van der Waals surface area contributed by atoms with Gasteiger partial charge in [-0.1, -0.05) is 29.8 Å². The first-order chi connectivity index (χ1) is 13.5. The molecule has 1 amide bonds. The minimum Gasteiger partial charge on any atom is -0.506 e. The molecule has 0 saturated carbocycles. The van der Waals surface area contributed by atoms with Gasteiger partial charge in [0.1, 0.15) is 5.75 Å². The van der Waals surface area contributed by atoms with Crippen LogP contribution < -0.4 is 5.32 Å². The van der Waals surface area contributed by atoms with Gasteiger partial charge in [0.25, 0.3) is 0 Å². The van der Waals surface area contributed by atoms with E-state index < -0.39 is 0 Å². The zero-order valence-electron chi connectivity index (χ0n) is 15.1. The minimum absolute atomic E-state index is 0.00954. The standard InChI is InChI=1S/C20H18ClN5O2/c1-2-26-11-13(14-5-3-4-6-16(14)26)10-18(28)22-20-23-19(24-25-20)12-7-8-17(27)15(21)9-12/h3-9,11,27H,2,10H2,1H3,(H2,22,23,24,25,28). The zero-order valence-corrected chi connectivity index (χ0v) is 15.9. The summed E-state index contributed by atoms with van der Waals surface area (Å²) in [6.07, 6.45) is 2.23. The van der Waals surface area contributed by atoms with E-state index in [1.165, 1.54) is 6.07 Å². The monoisotopic (exact) mass is 395 g/mol. The van der Waals surface area contributed by atoms with Gasteiger partial charge in [0.2, 0.25) is 11.9 Å². The Bertz CT molecular complexity index is 1160. The first kappa shape index (κ1) is 18.1. The number of nitrogens with one attached hydrogen (secondary N) is 2. The predicted molar refractivity (Wildman–Crippen MR) is 108 cm³/mol. The van der Waals surface area contributed by atoms with Crippen molar-refractivity contribution in [1.82, 2.24) is 19.7 Å². The SMILES string of the molecule is CCn1cc(CC(=O)Nc2n[nH]c(-c3ccc(O)c(Cl)c3)n2)c2ccccc21. The molecule has 0 atom stereocenters. The topological polar surface area (TPSA) is 95.8 Å². The van der Waals surface area contributed by atoms with Crippen molar-refractivity contribution in [2.24, 2.45) is 0 Å². The number of aromatic nitrogens is 4. The van der Waals surface area contributed by atoms with Gasteiger partial charge < -0.3 is 9.67 Å². The number of aryl methyl sites for hydroxylation is 1. The molecule has 0 spiro atoms. The van der Waals surface area contributed by atoms with Crippen LogP contribution in [0.2, 0.25) is 5.02 Å². The average molecular weight is 396 g/mol. The molecule has 2 aromatic carbocycles. The molecule has 2 aromatic heterocycles. The summed E-state index contributed by atoms with van der Waals surface area (Å²) < 4.78 is 2.12. The second-order valence-electron chi connectivity index (χ2n) is 6.36. The Morgan fingerprint density at radius 3 is 2.89 bits per heavy atom. The van der Waals surface area contributed by atoms with Gasteiger partial charge in [0, 0.05) is 29.2 Å². The molecule has 0 radical (unpaired) electrons. The van der Waals surface area contributed by atoms with Crippen LogP contribution in [0.5, 0.6) is 5.75 Å². The van der Waals surface area contributed by atoms with Crippen LogP contribution in [-0.2, 0) is 17.8 Å². The Hall–Kier alpha value is -3.32. The number of benzene rings is 2. The number of aromatic hydroxyl groups is 1. The number of halogens is 1. The summed E-state index contributed by atoms with van der Waals surface area (Å²) in [5.74, 6) is 0.418. The van der Waals surface area contributed by atoms with Crippen LogP contribution in [0.15, 0.2) is 48.7 Å². The smallest absolute Gasteiger partial charge is 0.249 e. The van der Waals surface area contributed by atoms with E-state index in [0.29, 0.717) is 11.4 Å². The summed E-state index contributed by atoms with van der Waals surface area (Å²) in [5, 5.41) is 20.3. The van der Waals surface area contributed by atoms with Crippen molar-refractivity contribution < 1.29 is 9.90 Å². The van der Waals surface area contributed by atoms with E-state index in [-0.39, 0.29) is 29.0 Å². The van der Waals surface area contributed by atoms with Crippen LogP contribution in [-0.4, -0.2) is 30.8 Å². The number of carbonyl (C=O) groups excluding carboxylic acids is 1. The number of rotatable bonds is 5. The van der Waals surface area contributed by atoms with Crippen LogP contribution in [0.4, 0.5) is 5.95 Å². The average Bonchev–Trinajstić information content (AvgIpc) is 3.29. The van der Waals surface area contributed by atoms with E-state index in [1.54, 1.807) is 12.1 Å². The first-order valence-electron chi connectivity index (χ1n) is 8.83. The third-order valence-corrected chi connectivity index (χ3v) is 4.82. The number of phenols is 1.